The first-order valence-electron chi connectivity index (χ1n) is 11.3. The minimum absolute atomic E-state index is 0.0135. The van der Waals surface area contributed by atoms with Crippen LogP contribution in [0.15, 0.2) is 43.0 Å². The number of hydrogen-bond donors (Lipinski definition) is 1. The predicted molar refractivity (Wildman–Crippen MR) is 133 cm³/mol. The number of amides is 1. The highest BCUT2D eigenvalue weighted by molar-refractivity contribution is 6.37. The number of alkyl halides is 9. The molecule has 2 rings (SSSR count). The van der Waals surface area contributed by atoms with E-state index in [1.165, 1.54) is 11.4 Å². The second-order valence-electron chi connectivity index (χ2n) is 8.76. The van der Waals surface area contributed by atoms with Crippen molar-refractivity contribution in [2.45, 2.75) is 37.8 Å². The van der Waals surface area contributed by atoms with Gasteiger partial charge in [-0.25, -0.2) is 4.39 Å². The molecule has 1 N–H and O–H groups in total. The van der Waals surface area contributed by atoms with Gasteiger partial charge in [0.2, 0.25) is 5.91 Å². The molecule has 0 aliphatic rings. The Bertz CT molecular complexity index is 1320. The zero-order chi connectivity index (χ0) is 31.5. The van der Waals surface area contributed by atoms with E-state index in [9.17, 15) is 49.1 Å². The molecular formula is C26H19Cl2F10NO2. The molecule has 0 heterocycles. The normalized spacial score (nSPS) is 14.4. The fraction of sp³-hybridized carbons (Fsp3) is 0.308. The molecule has 2 atom stereocenters. The molecular weight excluding hydrogens is 619 g/mol. The highest BCUT2D eigenvalue weighted by atomic mass is 35.5. The minimum atomic E-state index is -5.30. The molecule has 3 nitrogen and oxygen atoms in total. The molecule has 0 radical (unpaired) electrons. The summed E-state index contributed by atoms with van der Waals surface area (Å²) >= 11 is 11.8. The van der Waals surface area contributed by atoms with Gasteiger partial charge in [-0.1, -0.05) is 54.9 Å². The van der Waals surface area contributed by atoms with Crippen LogP contribution < -0.4 is 5.32 Å². The summed E-state index contributed by atoms with van der Waals surface area (Å²) in [6, 6.07) is 2.94. The number of carbonyl (C=O) groups is 2. The molecule has 0 bridgehead atoms. The van der Waals surface area contributed by atoms with E-state index in [1.54, 1.807) is 0 Å². The van der Waals surface area contributed by atoms with E-state index in [2.05, 4.69) is 6.58 Å². The number of halogens is 12. The summed E-state index contributed by atoms with van der Waals surface area (Å²) in [5.74, 6) is -8.46. The second-order valence-corrected chi connectivity index (χ2v) is 9.57. The van der Waals surface area contributed by atoms with Gasteiger partial charge in [-0.15, -0.1) is 0 Å². The van der Waals surface area contributed by atoms with Gasteiger partial charge >= 0.3 is 18.5 Å². The van der Waals surface area contributed by atoms with Crippen LogP contribution >= 0.6 is 23.2 Å². The van der Waals surface area contributed by atoms with E-state index >= 15 is 4.39 Å². The highest BCUT2D eigenvalue weighted by Gasteiger charge is 2.41. The topological polar surface area (TPSA) is 46.2 Å². The van der Waals surface area contributed by atoms with Crippen molar-refractivity contribution in [1.29, 1.82) is 0 Å². The smallest absolute Gasteiger partial charge is 0.347 e. The van der Waals surface area contributed by atoms with Crippen molar-refractivity contribution in [3.63, 3.8) is 0 Å². The molecule has 0 saturated carbocycles. The van der Waals surface area contributed by atoms with Crippen molar-refractivity contribution < 1.29 is 53.5 Å². The number of nitrogens with one attached hydrogen (secondary N) is 1. The number of rotatable bonds is 9. The number of Topliss-reactive ketones (excluding diaryl/α,β-unsaturated/α-hetero) is 1. The summed E-state index contributed by atoms with van der Waals surface area (Å²) in [7, 11) is 0. The lowest BCUT2D eigenvalue weighted by Crippen LogP contribution is -2.37. The zero-order valence-corrected chi connectivity index (χ0v) is 22.2. The molecule has 1 unspecified atom stereocenters. The molecule has 0 aromatic heterocycles. The molecule has 2 aromatic rings. The lowest BCUT2D eigenvalue weighted by Gasteiger charge is -2.20. The standard InChI is InChI=1S/C26H19Cl2F10NO2/c1-3-15-19(27)8-14(9-20(15)28)17(25(33,34)35)10-21(29)13-4-5-16(18(7-13)26(36,37)38)22(40)6-12(2)23(41)39-11-24(30,31)32/h3-5,7-10,12,17H,1,6,11H2,2H3,(H,39,41)/b21-10-/t12-,17?/m0/s1. The first-order valence-corrected chi connectivity index (χ1v) is 12.1. The molecule has 0 aliphatic heterocycles. The lowest BCUT2D eigenvalue weighted by atomic mass is 9.92. The summed E-state index contributed by atoms with van der Waals surface area (Å²) in [5, 5.41) is 1.01. The maximum absolute atomic E-state index is 15.0. The monoisotopic (exact) mass is 637 g/mol. The number of carbonyl (C=O) groups excluding carboxylic acids is 2. The van der Waals surface area contributed by atoms with Gasteiger partial charge in [0.25, 0.3) is 0 Å². The van der Waals surface area contributed by atoms with Crippen LogP contribution in [0.25, 0.3) is 11.9 Å². The minimum Gasteiger partial charge on any atom is -0.347 e. The van der Waals surface area contributed by atoms with Gasteiger partial charge in [-0.05, 0) is 29.8 Å². The van der Waals surface area contributed by atoms with Gasteiger partial charge < -0.3 is 5.32 Å². The van der Waals surface area contributed by atoms with Crippen LogP contribution in [0.2, 0.25) is 10.0 Å². The number of benzene rings is 2. The van der Waals surface area contributed by atoms with Crippen LogP contribution in [0, 0.1) is 5.92 Å². The Labute approximate surface area is 236 Å². The van der Waals surface area contributed by atoms with Gasteiger partial charge in [0, 0.05) is 39.1 Å². The molecule has 0 aliphatic carbocycles. The molecule has 15 heteroatoms. The predicted octanol–water partition coefficient (Wildman–Crippen LogP) is 9.20. The maximum atomic E-state index is 15.0. The van der Waals surface area contributed by atoms with E-state index in [-0.39, 0.29) is 27.8 Å². The zero-order valence-electron chi connectivity index (χ0n) is 20.7. The third-order valence-corrected chi connectivity index (χ3v) is 6.26. The summed E-state index contributed by atoms with van der Waals surface area (Å²) in [6.45, 7) is 2.69. The molecule has 0 fully saturated rings. The Hall–Kier alpha value is -3.06. The van der Waals surface area contributed by atoms with Gasteiger partial charge in [-0.2, -0.15) is 39.5 Å². The van der Waals surface area contributed by atoms with E-state index in [4.69, 9.17) is 23.2 Å². The van der Waals surface area contributed by atoms with E-state index < -0.39 is 83.1 Å². The Balaban J connectivity index is 2.47. The van der Waals surface area contributed by atoms with Crippen molar-refractivity contribution in [2.75, 3.05) is 6.54 Å². The van der Waals surface area contributed by atoms with Crippen molar-refractivity contribution in [1.82, 2.24) is 5.32 Å². The van der Waals surface area contributed by atoms with E-state index in [0.29, 0.717) is 12.1 Å². The molecule has 0 spiro atoms. The number of ketones is 1. The summed E-state index contributed by atoms with van der Waals surface area (Å²) in [4.78, 5) is 24.3. The average molecular weight is 638 g/mol. The third kappa shape index (κ3) is 9.22. The highest BCUT2D eigenvalue weighted by Crippen LogP contribution is 2.42. The van der Waals surface area contributed by atoms with Crippen LogP contribution in [0.5, 0.6) is 0 Å². The Kier molecular flexibility index (Phi) is 10.7. The quantitative estimate of drug-likeness (QED) is 0.220. The van der Waals surface area contributed by atoms with E-state index in [0.717, 1.165) is 19.1 Å². The van der Waals surface area contributed by atoms with Crippen LogP contribution in [0.4, 0.5) is 43.9 Å². The fourth-order valence-electron chi connectivity index (χ4n) is 3.61. The van der Waals surface area contributed by atoms with Gasteiger partial charge in [0.05, 0.1) is 5.56 Å². The first kappa shape index (κ1) is 34.1. The molecule has 0 saturated heterocycles. The Morgan fingerprint density at radius 2 is 1.54 bits per heavy atom. The fourth-order valence-corrected chi connectivity index (χ4v) is 4.27. The molecule has 41 heavy (non-hydrogen) atoms. The van der Waals surface area contributed by atoms with Crippen molar-refractivity contribution >= 4 is 46.8 Å². The van der Waals surface area contributed by atoms with Crippen molar-refractivity contribution in [3.05, 3.63) is 80.8 Å². The van der Waals surface area contributed by atoms with Crippen LogP contribution in [0.3, 0.4) is 0 Å². The summed E-state index contributed by atoms with van der Waals surface area (Å²) in [5.41, 5.74) is -4.26. The number of allylic oxidation sites excluding steroid dienone is 1. The average Bonchev–Trinajstić information content (AvgIpc) is 2.83. The van der Waals surface area contributed by atoms with Crippen molar-refractivity contribution in [2.24, 2.45) is 5.92 Å². The molecule has 1 amide bonds. The van der Waals surface area contributed by atoms with Gasteiger partial charge in [-0.3, -0.25) is 9.59 Å². The van der Waals surface area contributed by atoms with Gasteiger partial charge in [0.1, 0.15) is 18.3 Å². The van der Waals surface area contributed by atoms with E-state index in [1.807, 2.05) is 0 Å². The SMILES string of the molecule is C=Cc1c(Cl)cc(C(/C=C(\F)c2ccc(C(=O)C[C@H](C)C(=O)NCC(F)(F)F)c(C(F)(F)F)c2)C(F)(F)F)cc1Cl. The second kappa shape index (κ2) is 12.8. The lowest BCUT2D eigenvalue weighted by molar-refractivity contribution is -0.140. The molecule has 2 aromatic carbocycles. The summed E-state index contributed by atoms with van der Waals surface area (Å²) < 4.78 is 135. The van der Waals surface area contributed by atoms with Crippen LogP contribution in [-0.2, 0) is 11.0 Å². The largest absolute Gasteiger partial charge is 0.417 e. The third-order valence-electron chi connectivity index (χ3n) is 5.63. The summed E-state index contributed by atoms with van der Waals surface area (Å²) in [6.07, 6.45) is -15.0. The Morgan fingerprint density at radius 3 is 2.00 bits per heavy atom. The first-order chi connectivity index (χ1) is 18.7. The van der Waals surface area contributed by atoms with Crippen LogP contribution in [0.1, 0.15) is 51.9 Å². The van der Waals surface area contributed by atoms with Gasteiger partial charge in [0.15, 0.2) is 5.78 Å². The Morgan fingerprint density at radius 1 is 0.976 bits per heavy atom. The molecule has 224 valence electrons. The number of hydrogen-bond acceptors (Lipinski definition) is 2. The maximum Gasteiger partial charge on any atom is 0.417 e. The van der Waals surface area contributed by atoms with Crippen molar-refractivity contribution in [3.8, 4) is 0 Å². The van der Waals surface area contributed by atoms with Crippen LogP contribution in [-0.4, -0.2) is 30.6 Å².